The summed E-state index contributed by atoms with van der Waals surface area (Å²) in [5.41, 5.74) is 0.987. The van der Waals surface area contributed by atoms with E-state index in [2.05, 4.69) is 5.32 Å². The largest absolute Gasteiger partial charge is 0.497 e. The molecule has 1 fully saturated rings. The second-order valence-corrected chi connectivity index (χ2v) is 7.15. The average Bonchev–Trinajstić information content (AvgIpc) is 3.10. The lowest BCUT2D eigenvalue weighted by atomic mass is 10.1. The van der Waals surface area contributed by atoms with Gasteiger partial charge in [-0.05, 0) is 36.4 Å². The van der Waals surface area contributed by atoms with E-state index in [1.54, 1.807) is 49.6 Å². The third kappa shape index (κ3) is 4.99. The molecule has 1 saturated heterocycles. The highest BCUT2D eigenvalue weighted by molar-refractivity contribution is 6.44. The van der Waals surface area contributed by atoms with Crippen molar-refractivity contribution in [3.8, 4) is 5.75 Å². The summed E-state index contributed by atoms with van der Waals surface area (Å²) in [5.74, 6) is -1.40. The fourth-order valence-corrected chi connectivity index (χ4v) is 3.32. The quantitative estimate of drug-likeness (QED) is 0.699. The normalized spacial score (nSPS) is 15.9. The van der Waals surface area contributed by atoms with Crippen LogP contribution in [0.2, 0.25) is 10.0 Å². The number of carbonyl (C=O) groups excluding carboxylic acids is 3. The molecular weight excluding hydrogens is 419 g/mol. The van der Waals surface area contributed by atoms with Crippen LogP contribution in [0, 0.1) is 5.92 Å². The van der Waals surface area contributed by atoms with E-state index in [1.165, 1.54) is 4.90 Å². The van der Waals surface area contributed by atoms with E-state index in [-0.39, 0.29) is 23.9 Å². The van der Waals surface area contributed by atoms with Crippen LogP contribution in [0.3, 0.4) is 0 Å². The number of anilines is 2. The monoisotopic (exact) mass is 436 g/mol. The predicted molar refractivity (Wildman–Crippen MR) is 110 cm³/mol. The molecule has 1 N–H and O–H groups in total. The third-order valence-electron chi connectivity index (χ3n) is 4.40. The number of halogens is 2. The maximum absolute atomic E-state index is 12.3. The number of methoxy groups -OCH3 is 1. The molecule has 0 spiro atoms. The lowest BCUT2D eigenvalue weighted by molar-refractivity contribution is -0.151. The average molecular weight is 437 g/mol. The number of ether oxygens (including phenoxy) is 2. The number of hydrogen-bond donors (Lipinski definition) is 1. The molecule has 152 valence electrons. The Labute approximate surface area is 177 Å². The topological polar surface area (TPSA) is 84.9 Å². The van der Waals surface area contributed by atoms with Gasteiger partial charge in [-0.3, -0.25) is 14.4 Å². The molecule has 0 bridgehead atoms. The van der Waals surface area contributed by atoms with Crippen LogP contribution in [0.1, 0.15) is 6.42 Å². The lowest BCUT2D eigenvalue weighted by Crippen LogP contribution is -2.28. The number of rotatable bonds is 6. The van der Waals surface area contributed by atoms with E-state index in [0.717, 1.165) is 0 Å². The molecule has 0 aliphatic carbocycles. The third-order valence-corrected chi connectivity index (χ3v) is 5.21. The van der Waals surface area contributed by atoms with Gasteiger partial charge in [-0.15, -0.1) is 0 Å². The van der Waals surface area contributed by atoms with Gasteiger partial charge in [0.1, 0.15) is 5.75 Å². The zero-order valence-corrected chi connectivity index (χ0v) is 17.0. The SMILES string of the molecule is COc1ccc(NC(=O)COC(=O)[C@@H]2CC(=O)N(c3cccc(Cl)c3Cl)C2)cc1. The number of nitrogens with zero attached hydrogens (tertiary/aromatic N) is 1. The van der Waals surface area contributed by atoms with Crippen molar-refractivity contribution < 1.29 is 23.9 Å². The van der Waals surface area contributed by atoms with Gasteiger partial charge < -0.3 is 19.7 Å². The lowest BCUT2D eigenvalue weighted by Gasteiger charge is -2.18. The minimum Gasteiger partial charge on any atom is -0.497 e. The summed E-state index contributed by atoms with van der Waals surface area (Å²) >= 11 is 12.2. The maximum Gasteiger partial charge on any atom is 0.311 e. The Bertz CT molecular complexity index is 933. The van der Waals surface area contributed by atoms with Crippen LogP contribution in [0.4, 0.5) is 11.4 Å². The van der Waals surface area contributed by atoms with Gasteiger partial charge in [-0.25, -0.2) is 0 Å². The molecule has 29 heavy (non-hydrogen) atoms. The van der Waals surface area contributed by atoms with Crippen molar-refractivity contribution in [2.75, 3.05) is 30.5 Å². The molecule has 3 rings (SSSR count). The van der Waals surface area contributed by atoms with Gasteiger partial charge in [0, 0.05) is 18.7 Å². The van der Waals surface area contributed by atoms with Gasteiger partial charge >= 0.3 is 5.97 Å². The first-order valence-corrected chi connectivity index (χ1v) is 9.49. The van der Waals surface area contributed by atoms with Crippen LogP contribution < -0.4 is 15.0 Å². The molecule has 1 atom stereocenters. The summed E-state index contributed by atoms with van der Waals surface area (Å²) in [5, 5.41) is 3.18. The molecule has 0 saturated carbocycles. The van der Waals surface area contributed by atoms with Gasteiger partial charge in [0.15, 0.2) is 6.61 Å². The highest BCUT2D eigenvalue weighted by Gasteiger charge is 2.37. The highest BCUT2D eigenvalue weighted by atomic mass is 35.5. The molecule has 2 aromatic rings. The van der Waals surface area contributed by atoms with Crippen LogP contribution >= 0.6 is 23.2 Å². The Balaban J connectivity index is 1.53. The number of carbonyl (C=O) groups is 3. The first-order chi connectivity index (χ1) is 13.9. The Morgan fingerprint density at radius 1 is 1.17 bits per heavy atom. The van der Waals surface area contributed by atoms with E-state index in [1.807, 2.05) is 0 Å². The first kappa shape index (κ1) is 21.0. The van der Waals surface area contributed by atoms with Crippen molar-refractivity contribution in [1.82, 2.24) is 0 Å². The number of hydrogen-bond acceptors (Lipinski definition) is 5. The molecule has 0 aromatic heterocycles. The zero-order chi connectivity index (χ0) is 21.0. The van der Waals surface area contributed by atoms with Crippen molar-refractivity contribution in [2.24, 2.45) is 5.92 Å². The number of esters is 1. The fraction of sp³-hybridized carbons (Fsp3) is 0.250. The summed E-state index contributed by atoms with van der Waals surface area (Å²) in [4.78, 5) is 38.0. The van der Waals surface area contributed by atoms with Crippen LogP contribution in [0.5, 0.6) is 5.75 Å². The Kier molecular flexibility index (Phi) is 6.61. The summed E-state index contributed by atoms with van der Waals surface area (Å²) < 4.78 is 10.1. The standard InChI is InChI=1S/C20H18Cl2N2O5/c1-28-14-7-5-13(6-8-14)23-17(25)11-29-20(27)12-9-18(26)24(10-12)16-4-2-3-15(21)19(16)22/h2-8,12H,9-11H2,1H3,(H,23,25)/t12-/m1/s1. The summed E-state index contributed by atoms with van der Waals surface area (Å²) in [7, 11) is 1.54. The van der Waals surface area contributed by atoms with Gasteiger partial charge in [0.2, 0.25) is 5.91 Å². The number of nitrogens with one attached hydrogen (secondary N) is 1. The van der Waals surface area contributed by atoms with Crippen LogP contribution in [0.15, 0.2) is 42.5 Å². The number of amides is 2. The molecule has 2 amide bonds. The van der Waals surface area contributed by atoms with Gasteiger partial charge in [0.25, 0.3) is 5.91 Å². The van der Waals surface area contributed by atoms with Crippen LogP contribution in [-0.2, 0) is 19.1 Å². The molecule has 7 nitrogen and oxygen atoms in total. The molecule has 1 aliphatic rings. The van der Waals surface area contributed by atoms with Gasteiger partial charge in [-0.1, -0.05) is 29.3 Å². The van der Waals surface area contributed by atoms with Gasteiger partial charge in [0.05, 0.1) is 28.8 Å². The second kappa shape index (κ2) is 9.15. The Morgan fingerprint density at radius 2 is 1.90 bits per heavy atom. The van der Waals surface area contributed by atoms with Crippen LogP contribution in [-0.4, -0.2) is 38.0 Å². The van der Waals surface area contributed by atoms with Crippen molar-refractivity contribution in [1.29, 1.82) is 0 Å². The molecular formula is C20H18Cl2N2O5. The maximum atomic E-state index is 12.3. The smallest absolute Gasteiger partial charge is 0.311 e. The van der Waals surface area contributed by atoms with Crippen LogP contribution in [0.25, 0.3) is 0 Å². The van der Waals surface area contributed by atoms with Crippen molar-refractivity contribution in [3.05, 3.63) is 52.5 Å². The first-order valence-electron chi connectivity index (χ1n) is 8.74. The minimum absolute atomic E-state index is 0.0260. The molecule has 1 heterocycles. The summed E-state index contributed by atoms with van der Waals surface area (Å²) in [6.07, 6.45) is -0.0260. The van der Waals surface area contributed by atoms with E-state index >= 15 is 0 Å². The predicted octanol–water partition coefficient (Wildman–Crippen LogP) is 3.54. The Hall–Kier alpha value is -2.77. The minimum atomic E-state index is -0.689. The van der Waals surface area contributed by atoms with E-state index in [9.17, 15) is 14.4 Å². The van der Waals surface area contributed by atoms with Crippen molar-refractivity contribution in [2.45, 2.75) is 6.42 Å². The highest BCUT2D eigenvalue weighted by Crippen LogP contribution is 2.35. The van der Waals surface area contributed by atoms with E-state index < -0.39 is 24.4 Å². The number of benzene rings is 2. The van der Waals surface area contributed by atoms with E-state index in [0.29, 0.717) is 22.1 Å². The Morgan fingerprint density at radius 3 is 2.59 bits per heavy atom. The van der Waals surface area contributed by atoms with Crippen molar-refractivity contribution >= 4 is 52.4 Å². The molecule has 9 heteroatoms. The molecule has 0 unspecified atom stereocenters. The van der Waals surface area contributed by atoms with Crippen molar-refractivity contribution in [3.63, 3.8) is 0 Å². The molecule has 2 aromatic carbocycles. The summed E-state index contributed by atoms with van der Waals surface area (Å²) in [6, 6.07) is 11.7. The molecule has 0 radical (unpaired) electrons. The molecule has 1 aliphatic heterocycles. The second-order valence-electron chi connectivity index (χ2n) is 6.36. The summed E-state index contributed by atoms with van der Waals surface area (Å²) in [6.45, 7) is -0.342. The van der Waals surface area contributed by atoms with E-state index in [4.69, 9.17) is 32.7 Å². The van der Waals surface area contributed by atoms with Gasteiger partial charge in [-0.2, -0.15) is 0 Å². The zero-order valence-electron chi connectivity index (χ0n) is 15.5. The fourth-order valence-electron chi connectivity index (χ4n) is 2.93.